The second-order valence-electron chi connectivity index (χ2n) is 5.40. The smallest absolute Gasteiger partial charge is 0.276 e. The summed E-state index contributed by atoms with van der Waals surface area (Å²) in [4.78, 5) is 11.5. The van der Waals surface area contributed by atoms with E-state index in [1.807, 2.05) is 12.1 Å². The minimum absolute atomic E-state index is 0.368. The summed E-state index contributed by atoms with van der Waals surface area (Å²) in [7, 11) is 1.34. The van der Waals surface area contributed by atoms with Gasteiger partial charge in [-0.3, -0.25) is 10.0 Å². The highest BCUT2D eigenvalue weighted by Gasteiger charge is 2.08. The van der Waals surface area contributed by atoms with Crippen molar-refractivity contribution in [2.75, 3.05) is 7.05 Å². The van der Waals surface area contributed by atoms with Crippen molar-refractivity contribution in [3.63, 3.8) is 0 Å². The van der Waals surface area contributed by atoms with E-state index in [4.69, 9.17) is 5.21 Å². The van der Waals surface area contributed by atoms with Crippen molar-refractivity contribution in [1.82, 2.24) is 5.06 Å². The fourth-order valence-electron chi connectivity index (χ4n) is 2.29. The Morgan fingerprint density at radius 1 is 1.00 bits per heavy atom. The van der Waals surface area contributed by atoms with E-state index in [2.05, 4.69) is 6.92 Å². The van der Waals surface area contributed by atoms with Crippen molar-refractivity contribution in [3.05, 3.63) is 35.4 Å². The van der Waals surface area contributed by atoms with E-state index in [0.29, 0.717) is 10.6 Å². The summed E-state index contributed by atoms with van der Waals surface area (Å²) in [5.74, 6) is -0.368. The molecule has 3 heteroatoms. The predicted molar refractivity (Wildman–Crippen MR) is 82.0 cm³/mol. The number of hydrogen-bond donors (Lipinski definition) is 1. The van der Waals surface area contributed by atoms with E-state index < -0.39 is 0 Å². The molecule has 0 bridgehead atoms. The quantitative estimate of drug-likeness (QED) is 0.412. The van der Waals surface area contributed by atoms with Gasteiger partial charge in [0.25, 0.3) is 5.91 Å². The lowest BCUT2D eigenvalue weighted by Crippen LogP contribution is -2.22. The topological polar surface area (TPSA) is 40.5 Å². The lowest BCUT2D eigenvalue weighted by atomic mass is 10.0. The minimum atomic E-state index is -0.368. The Balaban J connectivity index is 2.23. The van der Waals surface area contributed by atoms with Crippen LogP contribution in [0.5, 0.6) is 0 Å². The zero-order valence-electron chi connectivity index (χ0n) is 12.8. The molecular weight excluding hydrogens is 250 g/mol. The maximum atomic E-state index is 11.5. The zero-order valence-corrected chi connectivity index (χ0v) is 12.8. The summed E-state index contributed by atoms with van der Waals surface area (Å²) in [6.07, 6.45) is 10.3. The first kappa shape index (κ1) is 16.7. The number of carbonyl (C=O) groups excluding carboxylic acids is 1. The third kappa shape index (κ3) is 6.20. The number of carbonyl (C=O) groups is 1. The summed E-state index contributed by atoms with van der Waals surface area (Å²) < 4.78 is 0. The van der Waals surface area contributed by atoms with Crippen LogP contribution in [0.3, 0.4) is 0 Å². The molecule has 0 radical (unpaired) electrons. The molecule has 3 nitrogen and oxygen atoms in total. The molecule has 0 atom stereocenters. The molecule has 1 aromatic rings. The molecule has 20 heavy (non-hydrogen) atoms. The van der Waals surface area contributed by atoms with Gasteiger partial charge in [0, 0.05) is 12.6 Å². The van der Waals surface area contributed by atoms with Crippen LogP contribution < -0.4 is 0 Å². The summed E-state index contributed by atoms with van der Waals surface area (Å²) in [6.45, 7) is 2.24. The van der Waals surface area contributed by atoms with Crippen molar-refractivity contribution in [2.45, 2.75) is 58.3 Å². The fraction of sp³-hybridized carbons (Fsp3) is 0.588. The van der Waals surface area contributed by atoms with Crippen LogP contribution in [0.4, 0.5) is 0 Å². The second kappa shape index (κ2) is 9.54. The largest absolute Gasteiger partial charge is 0.286 e. The van der Waals surface area contributed by atoms with Crippen molar-refractivity contribution in [1.29, 1.82) is 0 Å². The standard InChI is InChI=1S/C17H27NO2/c1-3-4-5-6-7-8-9-10-15-11-13-16(14-12-15)17(19)18(2)20/h11-14,20H,3-10H2,1-2H3. The van der Waals surface area contributed by atoms with E-state index in [0.717, 1.165) is 6.42 Å². The Morgan fingerprint density at radius 2 is 1.55 bits per heavy atom. The molecule has 0 fully saturated rings. The van der Waals surface area contributed by atoms with Crippen LogP contribution >= 0.6 is 0 Å². The molecule has 1 amide bonds. The predicted octanol–water partition coefficient (Wildman–Crippen LogP) is 4.44. The van der Waals surface area contributed by atoms with Crippen LogP contribution in [0.25, 0.3) is 0 Å². The van der Waals surface area contributed by atoms with Gasteiger partial charge in [0.05, 0.1) is 0 Å². The third-order valence-corrected chi connectivity index (χ3v) is 3.56. The second-order valence-corrected chi connectivity index (χ2v) is 5.40. The molecule has 1 N–H and O–H groups in total. The number of aryl methyl sites for hydroxylation is 1. The molecule has 1 aromatic carbocycles. The molecular formula is C17H27NO2. The maximum Gasteiger partial charge on any atom is 0.276 e. The van der Waals surface area contributed by atoms with Crippen molar-refractivity contribution in [3.8, 4) is 0 Å². The number of nitrogens with zero attached hydrogens (tertiary/aromatic N) is 1. The number of hydrogen-bond acceptors (Lipinski definition) is 2. The Labute approximate surface area is 122 Å². The Bertz CT molecular complexity index is 384. The Hall–Kier alpha value is -1.35. The monoisotopic (exact) mass is 277 g/mol. The summed E-state index contributed by atoms with van der Waals surface area (Å²) in [6, 6.07) is 7.53. The van der Waals surface area contributed by atoms with Gasteiger partial charge in [0.2, 0.25) is 0 Å². The Kier molecular flexibility index (Phi) is 7.97. The Morgan fingerprint density at radius 3 is 2.10 bits per heavy atom. The third-order valence-electron chi connectivity index (χ3n) is 3.56. The van der Waals surface area contributed by atoms with E-state index in [-0.39, 0.29) is 5.91 Å². The maximum absolute atomic E-state index is 11.5. The van der Waals surface area contributed by atoms with Gasteiger partial charge in [-0.15, -0.1) is 0 Å². The molecule has 112 valence electrons. The number of amides is 1. The lowest BCUT2D eigenvalue weighted by molar-refractivity contribution is -0.0374. The molecule has 0 aromatic heterocycles. The molecule has 0 saturated carbocycles. The molecule has 0 spiro atoms. The van der Waals surface area contributed by atoms with Gasteiger partial charge in [-0.25, -0.2) is 5.06 Å². The van der Waals surface area contributed by atoms with E-state index in [1.54, 1.807) is 12.1 Å². The minimum Gasteiger partial charge on any atom is -0.286 e. The highest BCUT2D eigenvalue weighted by molar-refractivity contribution is 5.93. The zero-order chi connectivity index (χ0) is 14.8. The summed E-state index contributed by atoms with van der Waals surface area (Å²) >= 11 is 0. The van der Waals surface area contributed by atoms with Gasteiger partial charge in [0.15, 0.2) is 0 Å². The summed E-state index contributed by atoms with van der Waals surface area (Å²) in [5.41, 5.74) is 1.79. The molecule has 0 heterocycles. The van der Waals surface area contributed by atoms with E-state index >= 15 is 0 Å². The first-order chi connectivity index (χ1) is 9.65. The average molecular weight is 277 g/mol. The fourth-order valence-corrected chi connectivity index (χ4v) is 2.29. The molecule has 0 aliphatic heterocycles. The molecule has 1 rings (SSSR count). The normalized spacial score (nSPS) is 10.6. The number of rotatable bonds is 9. The van der Waals surface area contributed by atoms with Crippen LogP contribution in [0, 0.1) is 0 Å². The van der Waals surface area contributed by atoms with Gasteiger partial charge in [-0.05, 0) is 30.5 Å². The van der Waals surface area contributed by atoms with Gasteiger partial charge >= 0.3 is 0 Å². The highest BCUT2D eigenvalue weighted by Crippen LogP contribution is 2.12. The number of hydroxylamine groups is 2. The lowest BCUT2D eigenvalue weighted by Gasteiger charge is -2.08. The molecule has 0 unspecified atom stereocenters. The van der Waals surface area contributed by atoms with Gasteiger partial charge < -0.3 is 0 Å². The van der Waals surface area contributed by atoms with Gasteiger partial charge in [0.1, 0.15) is 0 Å². The molecule has 0 aliphatic carbocycles. The number of unbranched alkanes of at least 4 members (excludes halogenated alkanes) is 6. The summed E-state index contributed by atoms with van der Waals surface area (Å²) in [5, 5.41) is 9.71. The first-order valence-electron chi connectivity index (χ1n) is 7.71. The van der Waals surface area contributed by atoms with Crippen LogP contribution in [-0.4, -0.2) is 23.2 Å². The van der Waals surface area contributed by atoms with Crippen molar-refractivity contribution in [2.24, 2.45) is 0 Å². The van der Waals surface area contributed by atoms with Crippen molar-refractivity contribution >= 4 is 5.91 Å². The molecule has 0 saturated heterocycles. The number of benzene rings is 1. The van der Waals surface area contributed by atoms with Gasteiger partial charge in [-0.1, -0.05) is 57.6 Å². The molecule has 0 aliphatic rings. The van der Waals surface area contributed by atoms with E-state index in [1.165, 1.54) is 57.6 Å². The first-order valence-corrected chi connectivity index (χ1v) is 7.71. The SMILES string of the molecule is CCCCCCCCCc1ccc(C(=O)N(C)O)cc1. The van der Waals surface area contributed by atoms with E-state index in [9.17, 15) is 4.79 Å². The van der Waals surface area contributed by atoms with Crippen LogP contribution in [-0.2, 0) is 6.42 Å². The van der Waals surface area contributed by atoms with Crippen LogP contribution in [0.15, 0.2) is 24.3 Å². The van der Waals surface area contributed by atoms with Crippen molar-refractivity contribution < 1.29 is 10.0 Å². The van der Waals surface area contributed by atoms with Crippen LogP contribution in [0.1, 0.15) is 67.8 Å². The van der Waals surface area contributed by atoms with Gasteiger partial charge in [-0.2, -0.15) is 0 Å². The highest BCUT2D eigenvalue weighted by atomic mass is 16.5. The average Bonchev–Trinajstić information content (AvgIpc) is 2.46. The van der Waals surface area contributed by atoms with Crippen LogP contribution in [0.2, 0.25) is 0 Å².